The Balaban J connectivity index is 0. The molecule has 2 atom stereocenters. The Kier molecular flexibility index (Phi) is 26.1. The molecular formula is C24H42ClI3N5O8S3-. The number of hydrogen-bond acceptors (Lipinski definition) is 9. The minimum Gasteiger partial charge on any atom is -0.395 e. The SMILES string of the molecule is CN(C)S(=O)(=O)Cl.CN(C)S(=O)(=O)N[C@H](COS(=O)(=O)N(C)C)Cc1ccccc1.I[I-]I.N[C@H](CO)Cc1ccccc1. The third-order valence-corrected chi connectivity index (χ3v) is 9.62. The van der Waals surface area contributed by atoms with Crippen molar-refractivity contribution in [3.63, 3.8) is 0 Å². The number of nitrogens with one attached hydrogen (secondary N) is 1. The van der Waals surface area contributed by atoms with Crippen LogP contribution in [0, 0.1) is 0 Å². The fourth-order valence-electron chi connectivity index (χ4n) is 2.60. The van der Waals surface area contributed by atoms with Gasteiger partial charge < -0.3 is 10.8 Å². The van der Waals surface area contributed by atoms with Gasteiger partial charge in [0.15, 0.2) is 0 Å². The summed E-state index contributed by atoms with van der Waals surface area (Å²) >= 11 is 5.30. The van der Waals surface area contributed by atoms with Crippen LogP contribution in [0.1, 0.15) is 11.1 Å². The van der Waals surface area contributed by atoms with Crippen LogP contribution in [0.15, 0.2) is 60.7 Å². The average molecular weight is 1040 g/mol. The smallest absolute Gasteiger partial charge is 0.0585 e. The molecule has 13 nitrogen and oxygen atoms in total. The van der Waals surface area contributed by atoms with Gasteiger partial charge in [0.25, 0.3) is 19.4 Å². The van der Waals surface area contributed by atoms with E-state index in [4.69, 9.17) is 25.7 Å². The average Bonchev–Trinajstić information content (AvgIpc) is 2.93. The molecule has 2 aromatic carbocycles. The summed E-state index contributed by atoms with van der Waals surface area (Å²) in [4.78, 5) is 0. The Bertz CT molecular complexity index is 1350. The van der Waals surface area contributed by atoms with Crippen molar-refractivity contribution in [3.05, 3.63) is 71.8 Å². The summed E-state index contributed by atoms with van der Waals surface area (Å²) in [5, 5.41) is 8.67. The maximum atomic E-state index is 12.0. The maximum Gasteiger partial charge on any atom is 0.0585 e. The van der Waals surface area contributed by atoms with Crippen molar-refractivity contribution in [2.24, 2.45) is 5.73 Å². The van der Waals surface area contributed by atoms with E-state index in [-0.39, 0.29) is 19.3 Å². The molecule has 0 aliphatic carbocycles. The zero-order valence-electron chi connectivity index (χ0n) is 25.2. The van der Waals surface area contributed by atoms with E-state index in [1.807, 2.05) is 60.7 Å². The quantitative estimate of drug-likeness (QED) is 0.171. The van der Waals surface area contributed by atoms with Gasteiger partial charge in [-0.05, 0) is 24.0 Å². The van der Waals surface area contributed by atoms with Gasteiger partial charge in [0.05, 0.1) is 19.3 Å². The van der Waals surface area contributed by atoms with E-state index in [1.54, 1.807) is 0 Å². The largest absolute Gasteiger partial charge is 0.395 e. The van der Waals surface area contributed by atoms with Crippen LogP contribution < -0.4 is 23.7 Å². The number of benzene rings is 2. The second-order valence-corrected chi connectivity index (χ2v) is 31.9. The molecule has 2 rings (SSSR count). The minimum atomic E-state index is -3.88. The van der Waals surface area contributed by atoms with Crippen LogP contribution in [-0.4, -0.2) is 111 Å². The first kappa shape index (κ1) is 46.6. The summed E-state index contributed by atoms with van der Waals surface area (Å²) in [6.45, 7) is -0.253. The first-order valence-corrected chi connectivity index (χ1v) is 30.1. The van der Waals surface area contributed by atoms with Crippen LogP contribution in [0.25, 0.3) is 0 Å². The van der Waals surface area contributed by atoms with Gasteiger partial charge in [-0.2, -0.15) is 42.9 Å². The van der Waals surface area contributed by atoms with Crippen molar-refractivity contribution in [1.82, 2.24) is 17.6 Å². The number of nitrogens with zero attached hydrogens (tertiary/aromatic N) is 3. The first-order chi connectivity index (χ1) is 20.2. The molecule has 0 aliphatic rings. The van der Waals surface area contributed by atoms with E-state index in [1.165, 1.54) is 47.8 Å². The van der Waals surface area contributed by atoms with Gasteiger partial charge in [-0.25, -0.2) is 0 Å². The molecule has 0 heterocycles. The second kappa shape index (κ2) is 24.6. The van der Waals surface area contributed by atoms with Crippen LogP contribution in [0.2, 0.25) is 0 Å². The Labute approximate surface area is 297 Å². The number of rotatable bonds is 13. The van der Waals surface area contributed by atoms with Crippen molar-refractivity contribution >= 4 is 77.7 Å². The molecular weight excluding hydrogens is 999 g/mol. The van der Waals surface area contributed by atoms with Crippen molar-refractivity contribution in [1.29, 1.82) is 0 Å². The molecule has 0 aromatic heterocycles. The van der Waals surface area contributed by atoms with E-state index >= 15 is 0 Å². The standard InChI is InChI=1S/C13H23N3O5S2.C9H13NO.C2H6ClNO2S.I3/c1-15(2)22(17,18)14-13(10-12-8-6-5-7-9-12)11-21-23(19,20)16(3)4;10-9(7-11)6-8-4-2-1-3-5-8;1-4(2)7(3,5)6;1-3-2/h5-9,13-14H,10-11H2,1-4H3;1-5,9,11H,6-7,10H2;1-2H3;/q;;;-1/t13-;9-;;/m00../s1. The fourth-order valence-corrected chi connectivity index (χ4v) is 3.93. The predicted octanol–water partition coefficient (Wildman–Crippen LogP) is -0.828. The normalized spacial score (nSPS) is 13.2. The molecule has 0 saturated carbocycles. The van der Waals surface area contributed by atoms with Crippen LogP contribution in [0.4, 0.5) is 0 Å². The van der Waals surface area contributed by atoms with Crippen LogP contribution in [0.3, 0.4) is 0 Å². The summed E-state index contributed by atoms with van der Waals surface area (Å²) in [7, 11) is 1.92. The second-order valence-electron chi connectivity index (χ2n) is 9.23. The molecule has 0 spiro atoms. The summed E-state index contributed by atoms with van der Waals surface area (Å²) in [5.74, 6) is 0. The number of aliphatic hydroxyl groups excluding tert-OH is 1. The Hall–Kier alpha value is 0.490. The van der Waals surface area contributed by atoms with Crippen molar-refractivity contribution in [2.75, 3.05) is 55.5 Å². The first-order valence-electron chi connectivity index (χ1n) is 12.4. The van der Waals surface area contributed by atoms with Gasteiger partial charge in [0, 0.05) is 59.0 Å². The zero-order chi connectivity index (χ0) is 34.6. The van der Waals surface area contributed by atoms with Crippen LogP contribution in [0.5, 0.6) is 0 Å². The molecule has 0 amide bonds. The van der Waals surface area contributed by atoms with Gasteiger partial charge in [-0.1, -0.05) is 60.7 Å². The molecule has 0 radical (unpaired) electrons. The fraction of sp³-hybridized carbons (Fsp3) is 0.500. The number of nitrogens with two attached hydrogens (primary N) is 1. The number of aliphatic hydroxyl groups is 1. The topological polar surface area (TPSA) is 180 Å². The van der Waals surface area contributed by atoms with Crippen LogP contribution >= 0.6 is 47.9 Å². The van der Waals surface area contributed by atoms with Crippen LogP contribution in [-0.2, 0) is 46.8 Å². The monoisotopic (exact) mass is 1040 g/mol. The molecule has 0 saturated heterocycles. The van der Waals surface area contributed by atoms with Crippen molar-refractivity contribution in [2.45, 2.75) is 24.9 Å². The minimum absolute atomic E-state index is 0.0505. The Morgan fingerprint density at radius 1 is 0.818 bits per heavy atom. The third kappa shape index (κ3) is 23.8. The molecule has 20 heteroatoms. The third-order valence-electron chi connectivity index (χ3n) is 5.00. The van der Waals surface area contributed by atoms with E-state index < -0.39 is 35.8 Å². The molecule has 2 aromatic rings. The van der Waals surface area contributed by atoms with Gasteiger partial charge in [-0.3, -0.25) is 4.18 Å². The summed E-state index contributed by atoms with van der Waals surface area (Å²) < 4.78 is 77.6. The van der Waals surface area contributed by atoms with Gasteiger partial charge in [0.1, 0.15) is 0 Å². The zero-order valence-corrected chi connectivity index (χ0v) is 34.9. The van der Waals surface area contributed by atoms with Gasteiger partial charge >= 0.3 is 60.8 Å². The Morgan fingerprint density at radius 2 is 1.20 bits per heavy atom. The van der Waals surface area contributed by atoms with Crippen molar-refractivity contribution < 1.29 is 47.8 Å². The maximum absolute atomic E-state index is 12.0. The van der Waals surface area contributed by atoms with E-state index in [0.717, 1.165) is 24.9 Å². The molecule has 0 fully saturated rings. The molecule has 0 unspecified atom stereocenters. The van der Waals surface area contributed by atoms with Crippen molar-refractivity contribution in [3.8, 4) is 0 Å². The molecule has 0 bridgehead atoms. The van der Waals surface area contributed by atoms with Gasteiger partial charge in [-0.15, -0.1) is 0 Å². The molecule has 44 heavy (non-hydrogen) atoms. The van der Waals surface area contributed by atoms with E-state index in [9.17, 15) is 25.3 Å². The number of hydrogen-bond donors (Lipinski definition) is 3. The summed E-state index contributed by atoms with van der Waals surface area (Å²) in [6.07, 6.45) is 1.05. The van der Waals surface area contributed by atoms with E-state index in [0.29, 0.717) is 19.7 Å². The molecule has 0 aliphatic heterocycles. The van der Waals surface area contributed by atoms with Gasteiger partial charge in [0.2, 0.25) is 0 Å². The summed E-state index contributed by atoms with van der Waals surface area (Å²) in [6, 6.07) is 18.2. The number of halogens is 4. The van der Waals surface area contributed by atoms with E-state index in [2.05, 4.69) is 42.0 Å². The Morgan fingerprint density at radius 3 is 1.52 bits per heavy atom. The molecule has 4 N–H and O–H groups in total. The summed E-state index contributed by atoms with van der Waals surface area (Å²) in [5.41, 5.74) is 7.60. The molecule has 258 valence electrons. The predicted molar refractivity (Wildman–Crippen MR) is 190 cm³/mol.